The molecule has 9 heteroatoms. The smallest absolute Gasteiger partial charge is 0.323 e. The quantitative estimate of drug-likeness (QED) is 0.268. The number of carbonyl (C=O) groups excluding carboxylic acids is 1. The highest BCUT2D eigenvalue weighted by Crippen LogP contribution is 2.47. The number of fused-ring (bicyclic) bond motifs is 2. The first-order chi connectivity index (χ1) is 21.1. The molecular weight excluding hydrogens is 540 g/mol. The largest absolute Gasteiger partial charge is 0.508 e. The van der Waals surface area contributed by atoms with Crippen LogP contribution in [0.3, 0.4) is 0 Å². The molecule has 6 rings (SSSR count). The van der Waals surface area contributed by atoms with Gasteiger partial charge in [0.1, 0.15) is 35.8 Å². The van der Waals surface area contributed by atoms with Gasteiger partial charge in [0, 0.05) is 24.7 Å². The number of hydrogen-bond donors (Lipinski definition) is 3. The van der Waals surface area contributed by atoms with Gasteiger partial charge >= 0.3 is 5.97 Å². The van der Waals surface area contributed by atoms with Gasteiger partial charge in [-0.15, -0.1) is 0 Å². The molecule has 0 amide bonds. The predicted octanol–water partition coefficient (Wildman–Crippen LogP) is 5.48. The van der Waals surface area contributed by atoms with Crippen molar-refractivity contribution < 1.29 is 14.6 Å². The molecule has 1 saturated heterocycles. The maximum atomic E-state index is 13.2. The maximum absolute atomic E-state index is 13.2. The Morgan fingerprint density at radius 3 is 2.56 bits per heavy atom. The third kappa shape index (κ3) is 6.75. The van der Waals surface area contributed by atoms with Gasteiger partial charge in [-0.3, -0.25) is 9.69 Å². The molecule has 1 aliphatic heterocycles. The molecule has 2 aliphatic carbocycles. The van der Waals surface area contributed by atoms with E-state index in [9.17, 15) is 15.2 Å². The van der Waals surface area contributed by atoms with Gasteiger partial charge in [0.05, 0.1) is 6.20 Å². The third-order valence-corrected chi connectivity index (χ3v) is 9.46. The van der Waals surface area contributed by atoms with Crippen LogP contribution in [0, 0.1) is 29.1 Å². The number of phenolic OH excluding ortho intramolecular Hbond substituents is 1. The van der Waals surface area contributed by atoms with Gasteiger partial charge < -0.3 is 20.5 Å². The summed E-state index contributed by atoms with van der Waals surface area (Å²) >= 11 is 0. The summed E-state index contributed by atoms with van der Waals surface area (Å²) in [7, 11) is 0. The summed E-state index contributed by atoms with van der Waals surface area (Å²) in [4.78, 5) is 24.6. The van der Waals surface area contributed by atoms with Crippen LogP contribution >= 0.6 is 0 Å². The van der Waals surface area contributed by atoms with E-state index in [1.165, 1.54) is 19.3 Å². The van der Waals surface area contributed by atoms with Crippen molar-refractivity contribution >= 4 is 17.7 Å². The molecule has 2 bridgehead atoms. The minimum absolute atomic E-state index is 0.0806. The van der Waals surface area contributed by atoms with Gasteiger partial charge in [-0.05, 0) is 74.5 Å². The van der Waals surface area contributed by atoms with E-state index in [1.54, 1.807) is 18.3 Å². The van der Waals surface area contributed by atoms with E-state index >= 15 is 0 Å². The number of rotatable bonds is 10. The first kappa shape index (κ1) is 28.9. The van der Waals surface area contributed by atoms with E-state index in [4.69, 9.17) is 4.74 Å². The highest BCUT2D eigenvalue weighted by atomic mass is 16.5. The van der Waals surface area contributed by atoms with Crippen molar-refractivity contribution in [2.24, 2.45) is 17.8 Å². The van der Waals surface area contributed by atoms with Crippen LogP contribution in [0.2, 0.25) is 0 Å². The van der Waals surface area contributed by atoms with Crippen molar-refractivity contribution in [3.8, 4) is 11.8 Å². The van der Waals surface area contributed by atoms with Crippen LogP contribution in [0.15, 0.2) is 60.8 Å². The summed E-state index contributed by atoms with van der Waals surface area (Å²) < 4.78 is 5.80. The standard InChI is InChI=1S/C34H40N6O3/c35-18-28-21-38-34(37-20-27-10-4-5-14-30(27)41)39-32(28)36-19-24-16-25-11-6-12-26(17-24)31(25)40-15-7-13-29(40)33(42)43-22-23-8-2-1-3-9-23/h1-5,8-10,14,21,24-26,29,31,41H,6-7,11-13,15-17,19-20,22H2,(H2,36,37,38,39)/t24?,25-,26+,29-,31?/m1/s1. The predicted molar refractivity (Wildman–Crippen MR) is 164 cm³/mol. The number of nitrogens with one attached hydrogen (secondary N) is 2. The molecule has 43 heavy (non-hydrogen) atoms. The molecule has 3 aromatic rings. The van der Waals surface area contributed by atoms with Crippen molar-refractivity contribution in [1.29, 1.82) is 5.26 Å². The first-order valence-corrected chi connectivity index (χ1v) is 15.6. The van der Waals surface area contributed by atoms with Crippen molar-refractivity contribution in [2.75, 3.05) is 23.7 Å². The lowest BCUT2D eigenvalue weighted by Crippen LogP contribution is -2.55. The minimum atomic E-state index is -0.144. The SMILES string of the molecule is N#Cc1cnc(NCc2ccccc2O)nc1NCC1C[C@H]2CCC[C@@H](C1)C2N1CCC[C@@H]1C(=O)OCc1ccccc1. The highest BCUT2D eigenvalue weighted by molar-refractivity contribution is 5.76. The summed E-state index contributed by atoms with van der Waals surface area (Å²) in [5, 5.41) is 26.4. The number of ether oxygens (including phenoxy) is 1. The average Bonchev–Trinajstić information content (AvgIpc) is 3.52. The number of esters is 1. The summed E-state index contributed by atoms with van der Waals surface area (Å²) in [6, 6.07) is 19.5. The Hall–Kier alpha value is -4.16. The lowest BCUT2D eigenvalue weighted by molar-refractivity contribution is -0.153. The molecule has 1 aromatic heterocycles. The molecule has 0 spiro atoms. The number of hydrogen-bond acceptors (Lipinski definition) is 9. The van der Waals surface area contributed by atoms with Crippen molar-refractivity contribution in [3.05, 3.63) is 77.5 Å². The number of para-hydroxylation sites is 1. The van der Waals surface area contributed by atoms with Crippen LogP contribution in [0.25, 0.3) is 0 Å². The number of anilines is 2. The van der Waals surface area contributed by atoms with E-state index in [0.29, 0.717) is 54.3 Å². The van der Waals surface area contributed by atoms with Crippen LogP contribution in [-0.4, -0.2) is 51.1 Å². The Balaban J connectivity index is 1.07. The van der Waals surface area contributed by atoms with Gasteiger partial charge in [0.15, 0.2) is 0 Å². The number of benzene rings is 2. The molecule has 2 unspecified atom stereocenters. The fourth-order valence-corrected chi connectivity index (χ4v) is 7.53. The molecule has 2 heterocycles. The van der Waals surface area contributed by atoms with Crippen molar-refractivity contribution in [3.63, 3.8) is 0 Å². The molecule has 224 valence electrons. The second-order valence-corrected chi connectivity index (χ2v) is 12.2. The minimum Gasteiger partial charge on any atom is -0.508 e. The van der Waals surface area contributed by atoms with E-state index in [2.05, 4.69) is 31.6 Å². The number of likely N-dealkylation sites (tertiary alicyclic amines) is 1. The Labute approximate surface area is 253 Å². The number of phenols is 1. The van der Waals surface area contributed by atoms with E-state index < -0.39 is 0 Å². The van der Waals surface area contributed by atoms with Crippen molar-refractivity contribution in [2.45, 2.75) is 70.2 Å². The molecule has 5 atom stereocenters. The van der Waals surface area contributed by atoms with Crippen LogP contribution < -0.4 is 10.6 Å². The normalized spacial score (nSPS) is 25.0. The topological polar surface area (TPSA) is 123 Å². The van der Waals surface area contributed by atoms with E-state index in [0.717, 1.165) is 49.9 Å². The summed E-state index contributed by atoms with van der Waals surface area (Å²) in [5.74, 6) is 2.65. The van der Waals surface area contributed by atoms with Gasteiger partial charge in [-0.1, -0.05) is 55.0 Å². The lowest BCUT2D eigenvalue weighted by atomic mass is 9.64. The molecule has 3 aliphatic rings. The van der Waals surface area contributed by atoms with Gasteiger partial charge in [0.25, 0.3) is 0 Å². The number of nitrogens with zero attached hydrogens (tertiary/aromatic N) is 4. The number of carbonyl (C=O) groups is 1. The Morgan fingerprint density at radius 1 is 1.02 bits per heavy atom. The molecule has 3 N–H and O–H groups in total. The van der Waals surface area contributed by atoms with E-state index in [-0.39, 0.29) is 17.8 Å². The first-order valence-electron chi connectivity index (χ1n) is 15.6. The zero-order valence-corrected chi connectivity index (χ0v) is 24.5. The average molecular weight is 581 g/mol. The molecular formula is C34H40N6O3. The third-order valence-electron chi connectivity index (χ3n) is 9.46. The van der Waals surface area contributed by atoms with Crippen LogP contribution in [0.5, 0.6) is 5.75 Å². The van der Waals surface area contributed by atoms with E-state index in [1.807, 2.05) is 42.5 Å². The van der Waals surface area contributed by atoms with Gasteiger partial charge in [-0.2, -0.15) is 10.2 Å². The summed E-state index contributed by atoms with van der Waals surface area (Å²) in [5.41, 5.74) is 2.18. The summed E-state index contributed by atoms with van der Waals surface area (Å²) in [6.07, 6.45) is 9.28. The maximum Gasteiger partial charge on any atom is 0.323 e. The van der Waals surface area contributed by atoms with Crippen molar-refractivity contribution in [1.82, 2.24) is 14.9 Å². The van der Waals surface area contributed by atoms with Crippen LogP contribution in [0.4, 0.5) is 11.8 Å². The molecule has 0 radical (unpaired) electrons. The highest BCUT2D eigenvalue weighted by Gasteiger charge is 2.47. The molecule has 2 saturated carbocycles. The number of aromatic nitrogens is 2. The zero-order chi connectivity index (χ0) is 29.6. The lowest BCUT2D eigenvalue weighted by Gasteiger charge is -2.50. The second kappa shape index (κ2) is 13.4. The van der Waals surface area contributed by atoms with Gasteiger partial charge in [-0.25, -0.2) is 4.98 Å². The Morgan fingerprint density at radius 2 is 1.79 bits per heavy atom. The Bertz CT molecular complexity index is 1430. The van der Waals surface area contributed by atoms with Gasteiger partial charge in [0.2, 0.25) is 5.95 Å². The van der Waals surface area contributed by atoms with Crippen LogP contribution in [-0.2, 0) is 22.7 Å². The number of aromatic hydroxyl groups is 1. The molecule has 2 aromatic carbocycles. The summed E-state index contributed by atoms with van der Waals surface area (Å²) in [6.45, 7) is 2.42. The molecule has 9 nitrogen and oxygen atoms in total. The number of nitriles is 1. The van der Waals surface area contributed by atoms with Crippen LogP contribution in [0.1, 0.15) is 61.6 Å². The fraction of sp³-hybridized carbons (Fsp3) is 0.471. The monoisotopic (exact) mass is 580 g/mol. The zero-order valence-electron chi connectivity index (χ0n) is 24.5. The molecule has 3 fully saturated rings. The Kier molecular flexibility index (Phi) is 9.04. The fourth-order valence-electron chi connectivity index (χ4n) is 7.53. The second-order valence-electron chi connectivity index (χ2n) is 12.2.